The zero-order chi connectivity index (χ0) is 19.1. The van der Waals surface area contributed by atoms with Crippen molar-refractivity contribution in [3.05, 3.63) is 71.5 Å². The van der Waals surface area contributed by atoms with Crippen LogP contribution in [-0.4, -0.2) is 35.4 Å². The molecule has 5 rings (SSSR count). The average Bonchev–Trinajstić information content (AvgIpc) is 3.18. The second kappa shape index (κ2) is 6.93. The van der Waals surface area contributed by atoms with E-state index in [1.807, 2.05) is 23.2 Å². The Balaban J connectivity index is 1.46. The molecule has 0 spiro atoms. The molecule has 3 aromatic rings. The smallest absolute Gasteiger partial charge is 0.253 e. The Kier molecular flexibility index (Phi) is 4.27. The molecule has 4 heteroatoms. The molecule has 28 heavy (non-hydrogen) atoms. The minimum Gasteiger partial charge on any atom is -0.366 e. The Labute approximate surface area is 165 Å². The van der Waals surface area contributed by atoms with Gasteiger partial charge < -0.3 is 9.80 Å². The summed E-state index contributed by atoms with van der Waals surface area (Å²) < 4.78 is 0. The quantitative estimate of drug-likeness (QED) is 0.675. The van der Waals surface area contributed by atoms with Crippen LogP contribution < -0.4 is 4.90 Å². The highest BCUT2D eigenvalue weighted by Crippen LogP contribution is 2.31. The van der Waals surface area contributed by atoms with Gasteiger partial charge in [0.1, 0.15) is 0 Å². The molecule has 0 bridgehead atoms. The molecule has 2 aromatic carbocycles. The van der Waals surface area contributed by atoms with Crippen LogP contribution >= 0.6 is 0 Å². The lowest BCUT2D eigenvalue weighted by molar-refractivity contribution is 0.0788. The molecule has 142 valence electrons. The number of pyridine rings is 1. The number of fused-ring (bicyclic) bond motifs is 2. The van der Waals surface area contributed by atoms with Crippen LogP contribution in [0, 0.1) is 5.92 Å². The fraction of sp³-hybridized carbons (Fsp3) is 0.333. The summed E-state index contributed by atoms with van der Waals surface area (Å²) in [6.45, 7) is 5.81. The van der Waals surface area contributed by atoms with Crippen molar-refractivity contribution in [2.24, 2.45) is 5.92 Å². The van der Waals surface area contributed by atoms with Crippen LogP contribution in [0.5, 0.6) is 0 Å². The van der Waals surface area contributed by atoms with Crippen molar-refractivity contribution in [1.82, 2.24) is 9.88 Å². The Morgan fingerprint density at radius 1 is 1.11 bits per heavy atom. The number of anilines is 1. The van der Waals surface area contributed by atoms with E-state index in [0.717, 1.165) is 50.0 Å². The summed E-state index contributed by atoms with van der Waals surface area (Å²) in [6, 6.07) is 16.8. The number of benzene rings is 2. The van der Waals surface area contributed by atoms with Gasteiger partial charge in [-0.25, -0.2) is 0 Å². The van der Waals surface area contributed by atoms with Crippen LogP contribution in [0.4, 0.5) is 5.69 Å². The molecule has 1 amide bonds. The van der Waals surface area contributed by atoms with Crippen LogP contribution in [0.3, 0.4) is 0 Å². The molecule has 1 aromatic heterocycles. The maximum absolute atomic E-state index is 12.9. The Morgan fingerprint density at radius 3 is 2.89 bits per heavy atom. The van der Waals surface area contributed by atoms with Crippen molar-refractivity contribution in [3.63, 3.8) is 0 Å². The zero-order valence-electron chi connectivity index (χ0n) is 16.3. The summed E-state index contributed by atoms with van der Waals surface area (Å²) in [5.41, 5.74) is 4.56. The highest BCUT2D eigenvalue weighted by Gasteiger charge is 2.24. The van der Waals surface area contributed by atoms with Gasteiger partial charge in [0.05, 0.1) is 0 Å². The van der Waals surface area contributed by atoms with Gasteiger partial charge in [-0.15, -0.1) is 0 Å². The van der Waals surface area contributed by atoms with E-state index in [2.05, 4.69) is 53.2 Å². The molecule has 3 heterocycles. The standard InChI is InChI=1S/C24H25N3O/c1-17-9-12-27(15-17)24(28)19-7-8-21-18(14-19)4-2-6-23(21)26-13-10-22-20(16-26)5-3-11-25-22/h2-8,11,14,17H,9-10,12-13,15-16H2,1H3/t17-/m1/s1. The third-order valence-electron chi connectivity index (χ3n) is 6.12. The summed E-state index contributed by atoms with van der Waals surface area (Å²) in [6.07, 6.45) is 3.96. The number of carbonyl (C=O) groups excluding carboxylic acids is 1. The van der Waals surface area contributed by atoms with E-state index in [0.29, 0.717) is 5.92 Å². The highest BCUT2D eigenvalue weighted by molar-refractivity contribution is 6.02. The maximum atomic E-state index is 12.9. The first-order chi connectivity index (χ1) is 13.7. The molecule has 0 radical (unpaired) electrons. The predicted molar refractivity (Wildman–Crippen MR) is 113 cm³/mol. The molecule has 0 saturated carbocycles. The van der Waals surface area contributed by atoms with Crippen molar-refractivity contribution in [2.45, 2.75) is 26.3 Å². The number of hydrogen-bond acceptors (Lipinski definition) is 3. The van der Waals surface area contributed by atoms with Crippen molar-refractivity contribution in [2.75, 3.05) is 24.5 Å². The van der Waals surface area contributed by atoms with Crippen molar-refractivity contribution < 1.29 is 4.79 Å². The van der Waals surface area contributed by atoms with E-state index in [-0.39, 0.29) is 5.91 Å². The maximum Gasteiger partial charge on any atom is 0.253 e. The van der Waals surface area contributed by atoms with Gasteiger partial charge in [-0.1, -0.05) is 31.2 Å². The zero-order valence-corrected chi connectivity index (χ0v) is 16.3. The first-order valence-electron chi connectivity index (χ1n) is 10.2. The van der Waals surface area contributed by atoms with Gasteiger partial charge in [-0.2, -0.15) is 0 Å². The lowest BCUT2D eigenvalue weighted by Gasteiger charge is -2.31. The van der Waals surface area contributed by atoms with E-state index < -0.39 is 0 Å². The molecule has 2 aliphatic heterocycles. The molecule has 4 nitrogen and oxygen atoms in total. The van der Waals surface area contributed by atoms with E-state index in [1.165, 1.54) is 22.3 Å². The normalized spacial score (nSPS) is 19.1. The number of amides is 1. The van der Waals surface area contributed by atoms with Gasteiger partial charge in [-0.05, 0) is 47.6 Å². The number of rotatable bonds is 2. The van der Waals surface area contributed by atoms with Crippen LogP contribution in [0.1, 0.15) is 35.0 Å². The minimum absolute atomic E-state index is 0.162. The van der Waals surface area contributed by atoms with Gasteiger partial charge in [0.25, 0.3) is 5.91 Å². The summed E-state index contributed by atoms with van der Waals surface area (Å²) >= 11 is 0. The Morgan fingerprint density at radius 2 is 2.04 bits per heavy atom. The van der Waals surface area contributed by atoms with E-state index in [9.17, 15) is 4.79 Å². The topological polar surface area (TPSA) is 36.4 Å². The second-order valence-corrected chi connectivity index (χ2v) is 8.14. The van der Waals surface area contributed by atoms with E-state index in [1.54, 1.807) is 0 Å². The molecule has 2 aliphatic rings. The number of carbonyl (C=O) groups is 1. The molecule has 0 aliphatic carbocycles. The predicted octanol–water partition coefficient (Wildman–Crippen LogP) is 4.28. The summed E-state index contributed by atoms with van der Waals surface area (Å²) in [5.74, 6) is 0.766. The second-order valence-electron chi connectivity index (χ2n) is 8.14. The van der Waals surface area contributed by atoms with Crippen LogP contribution in [-0.2, 0) is 13.0 Å². The van der Waals surface area contributed by atoms with Gasteiger partial charge in [0, 0.05) is 61.1 Å². The Bertz CT molecular complexity index is 1040. The molecular formula is C24H25N3O. The fourth-order valence-corrected chi connectivity index (χ4v) is 4.55. The minimum atomic E-state index is 0.162. The molecule has 0 unspecified atom stereocenters. The summed E-state index contributed by atoms with van der Waals surface area (Å²) in [7, 11) is 0. The molecular weight excluding hydrogens is 346 g/mol. The van der Waals surface area contributed by atoms with Gasteiger partial charge in [-0.3, -0.25) is 9.78 Å². The first kappa shape index (κ1) is 17.2. The summed E-state index contributed by atoms with van der Waals surface area (Å²) in [4.78, 5) is 21.8. The molecule has 0 N–H and O–H groups in total. The van der Waals surface area contributed by atoms with Crippen molar-refractivity contribution in [3.8, 4) is 0 Å². The number of nitrogens with zero attached hydrogens (tertiary/aromatic N) is 3. The average molecular weight is 371 g/mol. The largest absolute Gasteiger partial charge is 0.366 e. The highest BCUT2D eigenvalue weighted by atomic mass is 16.2. The van der Waals surface area contributed by atoms with Crippen LogP contribution in [0.15, 0.2) is 54.7 Å². The summed E-state index contributed by atoms with van der Waals surface area (Å²) in [5, 5.41) is 2.34. The van der Waals surface area contributed by atoms with E-state index in [4.69, 9.17) is 0 Å². The van der Waals surface area contributed by atoms with Crippen molar-refractivity contribution >= 4 is 22.4 Å². The lowest BCUT2D eigenvalue weighted by atomic mass is 10.0. The Hall–Kier alpha value is -2.88. The molecule has 1 fully saturated rings. The SMILES string of the molecule is C[C@@H]1CCN(C(=O)c2ccc3c(N4CCc5ncccc5C4)cccc3c2)C1. The van der Waals surface area contributed by atoms with Gasteiger partial charge in [0.15, 0.2) is 0 Å². The van der Waals surface area contributed by atoms with E-state index >= 15 is 0 Å². The number of hydrogen-bond donors (Lipinski definition) is 0. The number of aromatic nitrogens is 1. The van der Waals surface area contributed by atoms with Gasteiger partial charge >= 0.3 is 0 Å². The first-order valence-corrected chi connectivity index (χ1v) is 10.2. The third kappa shape index (κ3) is 3.03. The van der Waals surface area contributed by atoms with Crippen LogP contribution in [0.2, 0.25) is 0 Å². The fourth-order valence-electron chi connectivity index (χ4n) is 4.55. The molecule has 1 atom stereocenters. The lowest BCUT2D eigenvalue weighted by Crippen LogP contribution is -2.31. The number of likely N-dealkylation sites (tertiary alicyclic amines) is 1. The van der Waals surface area contributed by atoms with Gasteiger partial charge in [0.2, 0.25) is 0 Å². The monoisotopic (exact) mass is 371 g/mol. The van der Waals surface area contributed by atoms with Crippen molar-refractivity contribution in [1.29, 1.82) is 0 Å². The van der Waals surface area contributed by atoms with Crippen LogP contribution in [0.25, 0.3) is 10.8 Å². The molecule has 1 saturated heterocycles. The third-order valence-corrected chi connectivity index (χ3v) is 6.12.